The van der Waals surface area contributed by atoms with E-state index in [2.05, 4.69) is 47.6 Å². The zero-order chi connectivity index (χ0) is 12.4. The predicted octanol–water partition coefficient (Wildman–Crippen LogP) is 3.19. The molecule has 2 fully saturated rings. The van der Waals surface area contributed by atoms with Crippen LogP contribution in [0.4, 0.5) is 5.69 Å². The van der Waals surface area contributed by atoms with Crippen molar-refractivity contribution in [2.24, 2.45) is 0 Å². The highest BCUT2D eigenvalue weighted by Gasteiger charge is 2.35. The summed E-state index contributed by atoms with van der Waals surface area (Å²) < 4.78 is 0. The average Bonchev–Trinajstić information content (AvgIpc) is 3.26. The maximum Gasteiger partial charge on any atom is 0.0371 e. The van der Waals surface area contributed by atoms with Gasteiger partial charge in [0.1, 0.15) is 0 Å². The van der Waals surface area contributed by atoms with Gasteiger partial charge in [0.2, 0.25) is 0 Å². The summed E-state index contributed by atoms with van der Waals surface area (Å²) in [5.41, 5.74) is 1.44. The molecule has 1 aromatic carbocycles. The highest BCUT2D eigenvalue weighted by atomic mass is 15.2. The lowest BCUT2D eigenvalue weighted by atomic mass is 9.90. The third kappa shape index (κ3) is 2.54. The largest absolute Gasteiger partial charge is 0.366 e. The summed E-state index contributed by atoms with van der Waals surface area (Å²) in [5.74, 6) is 0. The molecule has 0 aromatic heterocycles. The first-order valence-electron chi connectivity index (χ1n) is 7.39. The number of rotatable bonds is 4. The second-order valence-corrected chi connectivity index (χ2v) is 5.77. The number of anilines is 1. The fourth-order valence-electron chi connectivity index (χ4n) is 3.32. The van der Waals surface area contributed by atoms with Crippen LogP contribution in [0.5, 0.6) is 0 Å². The van der Waals surface area contributed by atoms with Gasteiger partial charge in [0, 0.05) is 23.8 Å². The van der Waals surface area contributed by atoms with Crippen molar-refractivity contribution in [1.29, 1.82) is 0 Å². The van der Waals surface area contributed by atoms with Crippen molar-refractivity contribution in [3.63, 3.8) is 0 Å². The lowest BCUT2D eigenvalue weighted by molar-refractivity contribution is 0.343. The summed E-state index contributed by atoms with van der Waals surface area (Å²) in [4.78, 5) is 2.71. The smallest absolute Gasteiger partial charge is 0.0371 e. The van der Waals surface area contributed by atoms with Crippen molar-refractivity contribution in [3.05, 3.63) is 30.3 Å². The van der Waals surface area contributed by atoms with Crippen molar-refractivity contribution in [1.82, 2.24) is 5.32 Å². The van der Waals surface area contributed by atoms with Crippen LogP contribution in [0.25, 0.3) is 0 Å². The summed E-state index contributed by atoms with van der Waals surface area (Å²) in [6.07, 6.45) is 8.13. The molecule has 18 heavy (non-hydrogen) atoms. The predicted molar refractivity (Wildman–Crippen MR) is 77.0 cm³/mol. The highest BCUT2D eigenvalue weighted by Crippen LogP contribution is 2.37. The molecule has 2 heteroatoms. The molecule has 0 aliphatic heterocycles. The van der Waals surface area contributed by atoms with Crippen LogP contribution in [0, 0.1) is 0 Å². The molecule has 0 saturated heterocycles. The Morgan fingerprint density at radius 1 is 0.889 bits per heavy atom. The van der Waals surface area contributed by atoms with E-state index < -0.39 is 0 Å². The van der Waals surface area contributed by atoms with Gasteiger partial charge in [-0.2, -0.15) is 0 Å². The van der Waals surface area contributed by atoms with Gasteiger partial charge in [0.25, 0.3) is 0 Å². The minimum atomic E-state index is 0.748. The lowest BCUT2D eigenvalue weighted by Crippen LogP contribution is -2.43. The first-order chi connectivity index (χ1) is 8.88. The van der Waals surface area contributed by atoms with E-state index in [-0.39, 0.29) is 0 Å². The highest BCUT2D eigenvalue weighted by molar-refractivity contribution is 5.49. The maximum absolute atomic E-state index is 3.43. The second-order valence-electron chi connectivity index (χ2n) is 5.77. The molecule has 2 nitrogen and oxygen atoms in total. The second kappa shape index (κ2) is 5.31. The van der Waals surface area contributed by atoms with E-state index in [9.17, 15) is 0 Å². The Balaban J connectivity index is 1.71. The van der Waals surface area contributed by atoms with Crippen molar-refractivity contribution < 1.29 is 0 Å². The minimum absolute atomic E-state index is 0.748. The molecular formula is C16H24N2. The number of para-hydroxylation sites is 1. The van der Waals surface area contributed by atoms with Crippen molar-refractivity contribution >= 4 is 5.69 Å². The van der Waals surface area contributed by atoms with Crippen LogP contribution in [0.1, 0.15) is 38.5 Å². The number of nitrogens with zero attached hydrogens (tertiary/aromatic N) is 1. The van der Waals surface area contributed by atoms with Crippen LogP contribution >= 0.6 is 0 Å². The molecule has 0 heterocycles. The standard InChI is InChI=1S/C16H24N2/c1-17-13-7-9-15(10-8-13)18(16-11-12-16)14-5-3-2-4-6-14/h2-6,13,15-17H,7-12H2,1H3. The first-order valence-corrected chi connectivity index (χ1v) is 7.39. The number of benzene rings is 1. The Morgan fingerprint density at radius 3 is 1.94 bits per heavy atom. The number of hydrogen-bond donors (Lipinski definition) is 1. The summed E-state index contributed by atoms with van der Waals surface area (Å²) in [6, 6.07) is 13.4. The molecule has 0 atom stereocenters. The van der Waals surface area contributed by atoms with Crippen LogP contribution in [0.2, 0.25) is 0 Å². The van der Waals surface area contributed by atoms with Crippen LogP contribution in [0.3, 0.4) is 0 Å². The molecule has 2 aliphatic rings. The number of nitrogens with one attached hydrogen (secondary N) is 1. The van der Waals surface area contributed by atoms with Crippen molar-refractivity contribution in [3.8, 4) is 0 Å². The molecule has 0 spiro atoms. The Labute approximate surface area is 110 Å². The fourth-order valence-corrected chi connectivity index (χ4v) is 3.32. The lowest BCUT2D eigenvalue weighted by Gasteiger charge is -2.38. The zero-order valence-corrected chi connectivity index (χ0v) is 11.3. The molecular weight excluding hydrogens is 220 g/mol. The van der Waals surface area contributed by atoms with Gasteiger partial charge in [-0.05, 0) is 57.7 Å². The van der Waals surface area contributed by atoms with Crippen LogP contribution in [-0.2, 0) is 0 Å². The summed E-state index contributed by atoms with van der Waals surface area (Å²) in [7, 11) is 2.10. The van der Waals surface area contributed by atoms with Gasteiger partial charge in [-0.1, -0.05) is 18.2 Å². The van der Waals surface area contributed by atoms with Gasteiger partial charge < -0.3 is 10.2 Å². The third-order valence-corrected chi connectivity index (χ3v) is 4.49. The van der Waals surface area contributed by atoms with E-state index in [1.165, 1.54) is 44.2 Å². The van der Waals surface area contributed by atoms with E-state index in [0.717, 1.165) is 18.1 Å². The van der Waals surface area contributed by atoms with Gasteiger partial charge in [-0.25, -0.2) is 0 Å². The van der Waals surface area contributed by atoms with Gasteiger partial charge >= 0.3 is 0 Å². The van der Waals surface area contributed by atoms with Crippen LogP contribution in [0.15, 0.2) is 30.3 Å². The molecule has 0 amide bonds. The molecule has 1 N–H and O–H groups in total. The zero-order valence-electron chi connectivity index (χ0n) is 11.3. The normalized spacial score (nSPS) is 28.1. The Hall–Kier alpha value is -1.02. The third-order valence-electron chi connectivity index (χ3n) is 4.49. The van der Waals surface area contributed by atoms with Crippen molar-refractivity contribution in [2.75, 3.05) is 11.9 Å². The molecule has 3 rings (SSSR count). The molecule has 0 unspecified atom stereocenters. The quantitative estimate of drug-likeness (QED) is 0.875. The monoisotopic (exact) mass is 244 g/mol. The minimum Gasteiger partial charge on any atom is -0.366 e. The maximum atomic E-state index is 3.43. The molecule has 2 saturated carbocycles. The van der Waals surface area contributed by atoms with Gasteiger partial charge in [0.15, 0.2) is 0 Å². The van der Waals surface area contributed by atoms with E-state index in [1.54, 1.807) is 0 Å². The van der Waals surface area contributed by atoms with E-state index in [4.69, 9.17) is 0 Å². The topological polar surface area (TPSA) is 15.3 Å². The van der Waals surface area contributed by atoms with Gasteiger partial charge in [-0.3, -0.25) is 0 Å². The summed E-state index contributed by atoms with van der Waals surface area (Å²) in [6.45, 7) is 0. The van der Waals surface area contributed by atoms with E-state index in [1.807, 2.05) is 0 Å². The molecule has 0 radical (unpaired) electrons. The Morgan fingerprint density at radius 2 is 1.44 bits per heavy atom. The van der Waals surface area contributed by atoms with Crippen LogP contribution < -0.4 is 10.2 Å². The molecule has 98 valence electrons. The molecule has 1 aromatic rings. The average molecular weight is 244 g/mol. The summed E-state index contributed by atoms with van der Waals surface area (Å²) in [5, 5.41) is 3.43. The van der Waals surface area contributed by atoms with E-state index >= 15 is 0 Å². The van der Waals surface area contributed by atoms with Crippen LogP contribution in [-0.4, -0.2) is 25.2 Å². The summed E-state index contributed by atoms with van der Waals surface area (Å²) >= 11 is 0. The van der Waals surface area contributed by atoms with Gasteiger partial charge in [-0.15, -0.1) is 0 Å². The molecule has 2 aliphatic carbocycles. The van der Waals surface area contributed by atoms with E-state index in [0.29, 0.717) is 0 Å². The Bertz CT molecular complexity index is 364. The van der Waals surface area contributed by atoms with Gasteiger partial charge in [0.05, 0.1) is 0 Å². The fraction of sp³-hybridized carbons (Fsp3) is 0.625. The SMILES string of the molecule is CNC1CCC(N(c2ccccc2)C2CC2)CC1. The number of hydrogen-bond acceptors (Lipinski definition) is 2. The molecule has 0 bridgehead atoms. The Kier molecular flexibility index (Phi) is 3.55. The van der Waals surface area contributed by atoms with Crippen molar-refractivity contribution in [2.45, 2.75) is 56.7 Å². The first kappa shape index (κ1) is 12.0.